The minimum atomic E-state index is 0.777. The van der Waals surface area contributed by atoms with Gasteiger partial charge in [0, 0.05) is 24.3 Å². The molecule has 0 unspecified atom stereocenters. The fourth-order valence-corrected chi connectivity index (χ4v) is 3.48. The van der Waals surface area contributed by atoms with E-state index in [4.69, 9.17) is 0 Å². The van der Waals surface area contributed by atoms with Crippen LogP contribution in [0.5, 0.6) is 0 Å². The second-order valence-corrected chi connectivity index (χ2v) is 4.58. The van der Waals surface area contributed by atoms with Gasteiger partial charge < -0.3 is 4.90 Å². The minimum Gasteiger partial charge on any atom is -0.305 e. The first-order valence-corrected chi connectivity index (χ1v) is 4.73. The van der Waals surface area contributed by atoms with E-state index in [1.165, 1.54) is 31.0 Å². The fourth-order valence-electron chi connectivity index (χ4n) is 2.00. The summed E-state index contributed by atoms with van der Waals surface area (Å²) in [6, 6.07) is 0. The zero-order valence-corrected chi connectivity index (χ0v) is 6.71. The van der Waals surface area contributed by atoms with Crippen molar-refractivity contribution in [1.82, 2.24) is 4.90 Å². The molecule has 2 aliphatic rings. The molecule has 2 heterocycles. The van der Waals surface area contributed by atoms with Gasteiger partial charge in [-0.15, -0.1) is 0 Å². The molecule has 0 aromatic carbocycles. The summed E-state index contributed by atoms with van der Waals surface area (Å²) in [5.74, 6) is 2.84. The number of thioether (sulfide) groups is 1. The van der Waals surface area contributed by atoms with E-state index in [0.29, 0.717) is 0 Å². The van der Waals surface area contributed by atoms with E-state index in [2.05, 4.69) is 23.7 Å². The predicted octanol–water partition coefficient (Wildman–Crippen LogP) is 1.06. The number of likely N-dealkylation sites (tertiary alicyclic amines) is 1. The first kappa shape index (κ1) is 6.05. The lowest BCUT2D eigenvalue weighted by Crippen LogP contribution is -2.54. The van der Waals surface area contributed by atoms with Crippen molar-refractivity contribution in [2.75, 3.05) is 31.6 Å². The Hall–Kier alpha value is 0.310. The highest BCUT2D eigenvalue weighted by Gasteiger charge is 2.43. The van der Waals surface area contributed by atoms with Gasteiger partial charge in [0.15, 0.2) is 0 Å². The Labute approximate surface area is 60.8 Å². The summed E-state index contributed by atoms with van der Waals surface area (Å²) in [6.45, 7) is 2.72. The molecule has 2 rings (SSSR count). The number of nitrogens with zero attached hydrogens (tertiary/aromatic N) is 1. The highest BCUT2D eigenvalue weighted by atomic mass is 32.2. The molecule has 0 aromatic rings. The normalized spacial score (nSPS) is 33.0. The van der Waals surface area contributed by atoms with Crippen molar-refractivity contribution in [3.63, 3.8) is 0 Å². The summed E-state index contributed by atoms with van der Waals surface area (Å²) in [4.78, 5) is 2.42. The van der Waals surface area contributed by atoms with Crippen molar-refractivity contribution in [3.8, 4) is 0 Å². The van der Waals surface area contributed by atoms with Crippen molar-refractivity contribution < 1.29 is 0 Å². The van der Waals surface area contributed by atoms with E-state index in [0.717, 1.165) is 5.41 Å². The lowest BCUT2D eigenvalue weighted by Gasteiger charge is -2.45. The van der Waals surface area contributed by atoms with Crippen molar-refractivity contribution in [2.24, 2.45) is 5.41 Å². The van der Waals surface area contributed by atoms with Gasteiger partial charge in [-0.25, -0.2) is 0 Å². The molecular formula is C7H13NS. The maximum Gasteiger partial charge on any atom is 0.00557 e. The van der Waals surface area contributed by atoms with Crippen LogP contribution in [0.15, 0.2) is 0 Å². The van der Waals surface area contributed by atoms with E-state index in [1.807, 2.05) is 0 Å². The summed E-state index contributed by atoms with van der Waals surface area (Å²) in [5.41, 5.74) is 0.777. The zero-order chi connectivity index (χ0) is 6.32. The van der Waals surface area contributed by atoms with Crippen molar-refractivity contribution in [1.29, 1.82) is 0 Å². The maximum absolute atomic E-state index is 2.42. The molecule has 1 nitrogen and oxygen atoms in total. The average molecular weight is 143 g/mol. The Bertz CT molecular complexity index is 110. The molecule has 0 aromatic heterocycles. The molecule has 0 amide bonds. The predicted molar refractivity (Wildman–Crippen MR) is 41.9 cm³/mol. The Kier molecular flexibility index (Phi) is 1.27. The molecule has 0 bridgehead atoms. The van der Waals surface area contributed by atoms with Crippen LogP contribution in [0.4, 0.5) is 0 Å². The third kappa shape index (κ3) is 0.887. The Balaban J connectivity index is 1.95. The Morgan fingerprint density at radius 3 is 2.67 bits per heavy atom. The number of hydrogen-bond donors (Lipinski definition) is 0. The second kappa shape index (κ2) is 1.89. The fraction of sp³-hybridized carbons (Fsp3) is 1.00. The summed E-state index contributed by atoms with van der Waals surface area (Å²) < 4.78 is 0. The van der Waals surface area contributed by atoms with Gasteiger partial charge in [-0.05, 0) is 19.2 Å². The molecule has 0 saturated carbocycles. The minimum absolute atomic E-state index is 0.777. The molecule has 1 spiro atoms. The van der Waals surface area contributed by atoms with Gasteiger partial charge in [0.05, 0.1) is 0 Å². The molecule has 2 saturated heterocycles. The van der Waals surface area contributed by atoms with Crippen LogP contribution in [-0.2, 0) is 0 Å². The van der Waals surface area contributed by atoms with Crippen LogP contribution >= 0.6 is 11.8 Å². The summed E-state index contributed by atoms with van der Waals surface area (Å²) in [5, 5.41) is 0. The molecule has 0 N–H and O–H groups in total. The van der Waals surface area contributed by atoms with E-state index in [1.54, 1.807) is 0 Å². The van der Waals surface area contributed by atoms with Crippen LogP contribution in [0, 0.1) is 5.41 Å². The van der Waals surface area contributed by atoms with Crippen LogP contribution in [0.3, 0.4) is 0 Å². The summed E-state index contributed by atoms with van der Waals surface area (Å²) in [7, 11) is 2.22. The van der Waals surface area contributed by atoms with Gasteiger partial charge in [0.25, 0.3) is 0 Å². The number of rotatable bonds is 0. The van der Waals surface area contributed by atoms with Gasteiger partial charge >= 0.3 is 0 Å². The molecule has 2 aliphatic heterocycles. The average Bonchev–Trinajstić information content (AvgIpc) is 2.12. The Morgan fingerprint density at radius 2 is 2.22 bits per heavy atom. The van der Waals surface area contributed by atoms with E-state index < -0.39 is 0 Å². The zero-order valence-electron chi connectivity index (χ0n) is 5.89. The molecule has 9 heavy (non-hydrogen) atoms. The highest BCUT2D eigenvalue weighted by Crippen LogP contribution is 2.42. The summed E-state index contributed by atoms with van der Waals surface area (Å²) >= 11 is 2.13. The van der Waals surface area contributed by atoms with Crippen molar-refractivity contribution in [3.05, 3.63) is 0 Å². The third-order valence-corrected chi connectivity index (χ3v) is 3.70. The monoisotopic (exact) mass is 143 g/mol. The standard InChI is InChI=1S/C7H13NS/c1-8-4-7(5-8)2-3-9-6-7/h2-6H2,1H3. The first-order valence-electron chi connectivity index (χ1n) is 3.57. The molecule has 0 radical (unpaired) electrons. The van der Waals surface area contributed by atoms with E-state index >= 15 is 0 Å². The summed E-state index contributed by atoms with van der Waals surface area (Å²) in [6.07, 6.45) is 1.47. The van der Waals surface area contributed by atoms with Gasteiger partial charge in [0.2, 0.25) is 0 Å². The van der Waals surface area contributed by atoms with Crippen LogP contribution < -0.4 is 0 Å². The van der Waals surface area contributed by atoms with Crippen LogP contribution in [0.2, 0.25) is 0 Å². The smallest absolute Gasteiger partial charge is 0.00557 e. The molecule has 0 atom stereocenters. The highest BCUT2D eigenvalue weighted by molar-refractivity contribution is 7.99. The van der Waals surface area contributed by atoms with Crippen molar-refractivity contribution in [2.45, 2.75) is 6.42 Å². The van der Waals surface area contributed by atoms with E-state index in [-0.39, 0.29) is 0 Å². The lowest BCUT2D eigenvalue weighted by atomic mass is 9.80. The topological polar surface area (TPSA) is 3.24 Å². The van der Waals surface area contributed by atoms with Crippen LogP contribution in [0.25, 0.3) is 0 Å². The maximum atomic E-state index is 2.42. The third-order valence-electron chi connectivity index (χ3n) is 2.40. The van der Waals surface area contributed by atoms with Gasteiger partial charge in [0.1, 0.15) is 0 Å². The molecule has 0 aliphatic carbocycles. The Morgan fingerprint density at radius 1 is 1.44 bits per heavy atom. The van der Waals surface area contributed by atoms with Gasteiger partial charge in [-0.2, -0.15) is 11.8 Å². The quantitative estimate of drug-likeness (QED) is 0.499. The number of hydrogen-bond acceptors (Lipinski definition) is 2. The molecular weight excluding hydrogens is 130 g/mol. The molecule has 52 valence electrons. The largest absolute Gasteiger partial charge is 0.305 e. The van der Waals surface area contributed by atoms with Gasteiger partial charge in [-0.1, -0.05) is 0 Å². The molecule has 2 heteroatoms. The lowest BCUT2D eigenvalue weighted by molar-refractivity contribution is 0.0467. The van der Waals surface area contributed by atoms with Gasteiger partial charge in [-0.3, -0.25) is 0 Å². The first-order chi connectivity index (χ1) is 4.31. The SMILES string of the molecule is CN1CC2(CCSC2)C1. The van der Waals surface area contributed by atoms with E-state index in [9.17, 15) is 0 Å². The van der Waals surface area contributed by atoms with Crippen molar-refractivity contribution >= 4 is 11.8 Å². The molecule has 2 fully saturated rings. The second-order valence-electron chi connectivity index (χ2n) is 3.47. The van der Waals surface area contributed by atoms with Crippen LogP contribution in [0.1, 0.15) is 6.42 Å². The van der Waals surface area contributed by atoms with Crippen LogP contribution in [-0.4, -0.2) is 36.5 Å².